The lowest BCUT2D eigenvalue weighted by Gasteiger charge is -2.50. The fourth-order valence-electron chi connectivity index (χ4n) is 13.6. The average Bonchev–Trinajstić information content (AvgIpc) is 4.02. The number of benzene rings is 2. The molecule has 2 saturated carbocycles. The van der Waals surface area contributed by atoms with E-state index in [1.54, 1.807) is 18.7 Å². The Hall–Kier alpha value is -4.30. The number of fused-ring (bicyclic) bond motifs is 10. The molecule has 0 unspecified atom stereocenters. The van der Waals surface area contributed by atoms with Gasteiger partial charge in [0, 0.05) is 42.1 Å². The zero-order valence-corrected chi connectivity index (χ0v) is 36.8. The highest BCUT2D eigenvalue weighted by atomic mass is 19.1. The molecule has 3 saturated heterocycles. The van der Waals surface area contributed by atoms with Crippen LogP contribution in [0, 0.1) is 40.8 Å². The van der Waals surface area contributed by atoms with E-state index in [4.69, 9.17) is 4.74 Å². The summed E-state index contributed by atoms with van der Waals surface area (Å²) in [5.74, 6) is -3.45. The molecule has 4 aliphatic carbocycles. The molecule has 3 aromatic rings. The zero-order chi connectivity index (χ0) is 43.8. The highest BCUT2D eigenvalue weighted by molar-refractivity contribution is 6.01. The third-order valence-electron chi connectivity index (χ3n) is 16.8. The number of aliphatic hydroxyl groups excluding tert-OH is 1. The van der Waals surface area contributed by atoms with Crippen LogP contribution in [-0.4, -0.2) is 109 Å². The number of carbonyl (C=O) groups is 3. The molecule has 5 heterocycles. The lowest BCUT2D eigenvalue weighted by atomic mass is 9.55. The first kappa shape index (κ1) is 41.7. The van der Waals surface area contributed by atoms with E-state index in [1.807, 2.05) is 39.1 Å². The number of phenolic OH excluding ortho intramolecular Hbond substituents is 1. The highest BCUT2D eigenvalue weighted by Crippen LogP contribution is 2.61. The number of aromatic nitrogens is 1. The van der Waals surface area contributed by atoms with E-state index < -0.39 is 47.3 Å². The Labute approximate surface area is 362 Å². The fourth-order valence-corrected chi connectivity index (χ4v) is 13.6. The number of H-pyrrole nitrogens is 1. The lowest BCUT2D eigenvalue weighted by molar-refractivity contribution is -0.323. The number of amides is 3. The first-order valence-electron chi connectivity index (χ1n) is 23.1. The van der Waals surface area contributed by atoms with Gasteiger partial charge < -0.3 is 30.5 Å². The van der Waals surface area contributed by atoms with Crippen molar-refractivity contribution in [2.45, 2.75) is 134 Å². The van der Waals surface area contributed by atoms with Gasteiger partial charge in [-0.2, -0.15) is 0 Å². The van der Waals surface area contributed by atoms with Crippen molar-refractivity contribution in [3.8, 4) is 5.75 Å². The summed E-state index contributed by atoms with van der Waals surface area (Å²) in [5, 5.41) is 36.2. The first-order valence-corrected chi connectivity index (χ1v) is 23.1. The SMILES string of the molecule is CC(C)[C@@H]1C(=O)N2CCC[C@H]2[C@]2(O)O[C@](NC(=O)[C@@H]3C=C4c5cccc6[nH]cc(c56)C[C@H]4N(C)C3)(C(C)C)C(=O)N12.C[C@]12CC[C@@H]3c4ccc(O)c(F)c4CC[C@H]3[C@@H]1CC[C@@H]2O. The minimum atomic E-state index is -2.01. The van der Waals surface area contributed by atoms with Gasteiger partial charge in [-0.25, -0.2) is 4.39 Å². The van der Waals surface area contributed by atoms with Gasteiger partial charge in [-0.05, 0) is 134 Å². The van der Waals surface area contributed by atoms with E-state index in [2.05, 4.69) is 40.5 Å². The summed E-state index contributed by atoms with van der Waals surface area (Å²) in [6.07, 6.45) is 11.8. The molecule has 3 amide bonds. The molecule has 5 fully saturated rings. The third-order valence-corrected chi connectivity index (χ3v) is 16.8. The number of phenols is 1. The molecule has 5 N–H and O–H groups in total. The zero-order valence-electron chi connectivity index (χ0n) is 36.8. The molecule has 332 valence electrons. The summed E-state index contributed by atoms with van der Waals surface area (Å²) in [4.78, 5) is 50.4. The third kappa shape index (κ3) is 5.86. The predicted molar refractivity (Wildman–Crippen MR) is 231 cm³/mol. The van der Waals surface area contributed by atoms with E-state index in [0.717, 1.165) is 72.7 Å². The van der Waals surface area contributed by atoms with E-state index in [1.165, 1.54) is 21.9 Å². The monoisotopic (exact) mass is 851 g/mol. The molecule has 11 rings (SSSR count). The molecule has 8 aliphatic rings. The largest absolute Gasteiger partial charge is 0.505 e. The van der Waals surface area contributed by atoms with Crippen molar-refractivity contribution < 1.29 is 38.8 Å². The molecule has 62 heavy (non-hydrogen) atoms. The van der Waals surface area contributed by atoms with E-state index in [-0.39, 0.29) is 41.0 Å². The Kier molecular flexibility index (Phi) is 9.83. The van der Waals surface area contributed by atoms with Crippen molar-refractivity contribution in [2.75, 3.05) is 20.1 Å². The molecule has 0 radical (unpaired) electrons. The molecule has 12 nitrogen and oxygen atoms in total. The number of likely N-dealkylation sites (N-methyl/N-ethyl adjacent to an activating group) is 1. The number of hydrogen-bond donors (Lipinski definition) is 5. The number of carbonyl (C=O) groups excluding carboxylic acids is 3. The maximum Gasteiger partial charge on any atom is 0.281 e. The van der Waals surface area contributed by atoms with Gasteiger partial charge in [-0.1, -0.05) is 58.9 Å². The summed E-state index contributed by atoms with van der Waals surface area (Å²) in [6.45, 7) is 10.6. The van der Waals surface area contributed by atoms with Gasteiger partial charge in [0.1, 0.15) is 12.1 Å². The Balaban J connectivity index is 0.000000182. The van der Waals surface area contributed by atoms with Crippen molar-refractivity contribution in [1.29, 1.82) is 0 Å². The van der Waals surface area contributed by atoms with Gasteiger partial charge >= 0.3 is 0 Å². The van der Waals surface area contributed by atoms with E-state index >= 15 is 0 Å². The molecule has 1 aromatic heterocycles. The second-order valence-corrected chi connectivity index (χ2v) is 20.6. The van der Waals surface area contributed by atoms with Crippen LogP contribution in [0.5, 0.6) is 5.75 Å². The Morgan fingerprint density at radius 3 is 2.61 bits per heavy atom. The average molecular weight is 852 g/mol. The molecule has 0 spiro atoms. The van der Waals surface area contributed by atoms with Crippen molar-refractivity contribution in [1.82, 2.24) is 25.0 Å². The van der Waals surface area contributed by atoms with Crippen LogP contribution in [-0.2, 0) is 32.0 Å². The van der Waals surface area contributed by atoms with Crippen LogP contribution in [0.25, 0.3) is 16.5 Å². The maximum absolute atomic E-state index is 14.3. The first-order chi connectivity index (χ1) is 29.5. The van der Waals surface area contributed by atoms with E-state index in [0.29, 0.717) is 43.7 Å². The van der Waals surface area contributed by atoms with Crippen LogP contribution in [0.4, 0.5) is 4.39 Å². The summed E-state index contributed by atoms with van der Waals surface area (Å²) in [5.41, 5.74) is 4.70. The van der Waals surface area contributed by atoms with Gasteiger partial charge in [-0.3, -0.25) is 28.9 Å². The number of halogens is 1. The normalized spacial score (nSPS) is 37.0. The lowest BCUT2D eigenvalue weighted by Crippen LogP contribution is -2.72. The summed E-state index contributed by atoms with van der Waals surface area (Å²) in [7, 11) is 2.03. The smallest absolute Gasteiger partial charge is 0.281 e. The molecule has 13 heteroatoms. The predicted octanol–water partition coefficient (Wildman–Crippen LogP) is 5.79. The Bertz CT molecular complexity index is 2380. The van der Waals surface area contributed by atoms with Crippen molar-refractivity contribution in [3.63, 3.8) is 0 Å². The van der Waals surface area contributed by atoms with Crippen molar-refractivity contribution in [2.24, 2.45) is 35.0 Å². The number of rotatable bonds is 4. The van der Waals surface area contributed by atoms with Crippen LogP contribution in [0.3, 0.4) is 0 Å². The van der Waals surface area contributed by atoms with Gasteiger partial charge in [-0.15, -0.1) is 0 Å². The summed E-state index contributed by atoms with van der Waals surface area (Å²) >= 11 is 0. The van der Waals surface area contributed by atoms with Crippen LogP contribution < -0.4 is 5.32 Å². The summed E-state index contributed by atoms with van der Waals surface area (Å²) < 4.78 is 20.6. The number of aromatic amines is 1. The van der Waals surface area contributed by atoms with E-state index in [9.17, 15) is 34.1 Å². The highest BCUT2D eigenvalue weighted by Gasteiger charge is 2.72. The van der Waals surface area contributed by atoms with Crippen LogP contribution in [0.1, 0.15) is 108 Å². The Morgan fingerprint density at radius 2 is 1.85 bits per heavy atom. The van der Waals surface area contributed by atoms with Crippen LogP contribution in [0.2, 0.25) is 0 Å². The minimum Gasteiger partial charge on any atom is -0.505 e. The maximum atomic E-state index is 14.3. The number of ether oxygens (including phenoxy) is 1. The van der Waals surface area contributed by atoms with Gasteiger partial charge in [0.15, 0.2) is 11.6 Å². The van der Waals surface area contributed by atoms with Crippen molar-refractivity contribution >= 4 is 34.2 Å². The Morgan fingerprint density at radius 1 is 1.06 bits per heavy atom. The molecule has 4 aliphatic heterocycles. The van der Waals surface area contributed by atoms with Crippen molar-refractivity contribution in [3.05, 3.63) is 70.7 Å². The van der Waals surface area contributed by atoms with Gasteiger partial charge in [0.2, 0.25) is 17.5 Å². The second kappa shape index (κ2) is 14.6. The number of aromatic hydroxyl groups is 1. The molecular formula is C49H62FN5O7. The molecule has 0 bridgehead atoms. The number of hydrogen-bond acceptors (Lipinski definition) is 8. The van der Waals surface area contributed by atoms with Crippen LogP contribution >= 0.6 is 0 Å². The van der Waals surface area contributed by atoms with Crippen LogP contribution in [0.15, 0.2) is 42.6 Å². The molecular weight excluding hydrogens is 790 g/mol. The quantitative estimate of drug-likeness (QED) is 0.221. The number of piperazine rings is 1. The standard InChI is InChI=1S/C31H39N5O5.C18H23FO2/c1-16(2)26-28(38)35-11-7-10-24(35)31(40)36(26)29(39)30(41-31,17(3)4)33-27(37)19-12-21-20-8-6-9-22-25(20)18(14-32-22)13-23(21)34(5)15-19;1-18-9-8-11-10-4-6-15(20)17(19)13(10)3-2-12(11)14(18)5-7-16(18)21/h6,8-9,12,14,16-17,19,23-24,26,32,40H,7,10-11,13,15H2,1-5H3,(H,33,37);4,6,11-12,14,16,20-21H,2-3,5,7-9H2,1H3/t19-,23-,24+,26-,30-,31+;11-,12-,14+,16+,18+/m11/s1. The minimum absolute atomic E-state index is 0.0636. The van der Waals surface area contributed by atoms with Gasteiger partial charge in [0.25, 0.3) is 11.8 Å². The topological polar surface area (TPSA) is 159 Å². The number of nitrogens with zero attached hydrogens (tertiary/aromatic N) is 3. The fraction of sp³-hybridized carbons (Fsp3) is 0.612. The van der Waals surface area contributed by atoms with Gasteiger partial charge in [0.05, 0.1) is 12.0 Å². The second-order valence-electron chi connectivity index (χ2n) is 20.6. The summed E-state index contributed by atoms with van der Waals surface area (Å²) in [6, 6.07) is 8.24. The molecule has 2 aromatic carbocycles. The number of nitrogens with one attached hydrogen (secondary N) is 2. The molecule has 11 atom stereocenters. The number of aliphatic hydroxyl groups is 2.